The second-order valence-corrected chi connectivity index (χ2v) is 2.26. The first kappa shape index (κ1) is 6.55. The van der Waals surface area contributed by atoms with E-state index in [1.807, 2.05) is 0 Å². The highest BCUT2D eigenvalue weighted by Gasteiger charge is 2.18. The highest BCUT2D eigenvalue weighted by atomic mass is 16.5. The van der Waals surface area contributed by atoms with Crippen LogP contribution in [0.2, 0.25) is 0 Å². The predicted octanol–water partition coefficient (Wildman–Crippen LogP) is -0.0681. The number of aliphatic hydroxyl groups is 1. The minimum Gasteiger partial charge on any atom is -0.466 e. The maximum Gasteiger partial charge on any atom is 0.306 e. The van der Waals surface area contributed by atoms with Gasteiger partial charge in [-0.1, -0.05) is 0 Å². The maximum atomic E-state index is 10.5. The average molecular weight is 130 g/mol. The summed E-state index contributed by atoms with van der Waals surface area (Å²) in [5.41, 5.74) is 0. The summed E-state index contributed by atoms with van der Waals surface area (Å²) < 4.78 is 4.66. The first-order chi connectivity index (χ1) is 4.33. The van der Waals surface area contributed by atoms with Crippen LogP contribution in [0.25, 0.3) is 0 Å². The predicted molar refractivity (Wildman–Crippen MR) is 30.8 cm³/mol. The zero-order valence-electron chi connectivity index (χ0n) is 5.17. The van der Waals surface area contributed by atoms with Gasteiger partial charge >= 0.3 is 5.97 Å². The largest absolute Gasteiger partial charge is 0.466 e. The molecule has 0 aromatic rings. The van der Waals surface area contributed by atoms with Crippen LogP contribution in [-0.2, 0) is 9.53 Å². The van der Waals surface area contributed by atoms with Crippen LogP contribution in [0, 0.1) is 5.92 Å². The lowest BCUT2D eigenvalue weighted by molar-refractivity contribution is -0.149. The lowest BCUT2D eigenvalue weighted by Gasteiger charge is -2.18. The molecule has 0 spiro atoms. The molecule has 0 aromatic carbocycles. The summed E-state index contributed by atoms with van der Waals surface area (Å²) in [4.78, 5) is 10.5. The van der Waals surface area contributed by atoms with Gasteiger partial charge in [-0.2, -0.15) is 0 Å². The van der Waals surface area contributed by atoms with E-state index in [1.54, 1.807) is 0 Å². The van der Waals surface area contributed by atoms with E-state index in [2.05, 4.69) is 4.74 Å². The Labute approximate surface area is 53.6 Å². The van der Waals surface area contributed by atoms with Crippen LogP contribution in [0.4, 0.5) is 0 Å². The van der Waals surface area contributed by atoms with Gasteiger partial charge in [0.2, 0.25) is 0 Å². The Hall–Kier alpha value is -0.570. The Morgan fingerprint density at radius 2 is 2.56 bits per heavy atom. The van der Waals surface area contributed by atoms with Crippen LogP contribution in [-0.4, -0.2) is 24.3 Å². The molecule has 0 saturated carbocycles. The molecule has 0 aromatic heterocycles. The second-order valence-electron chi connectivity index (χ2n) is 2.26. The highest BCUT2D eigenvalue weighted by molar-refractivity contribution is 5.70. The van der Waals surface area contributed by atoms with Crippen molar-refractivity contribution in [2.75, 3.05) is 13.2 Å². The molecule has 9 heavy (non-hydrogen) atoms. The second kappa shape index (κ2) is 2.82. The molecule has 1 aliphatic heterocycles. The number of rotatable bonds is 1. The quantitative estimate of drug-likeness (QED) is 0.505. The third kappa shape index (κ3) is 1.68. The maximum absolute atomic E-state index is 10.5. The van der Waals surface area contributed by atoms with Gasteiger partial charge in [-0.15, -0.1) is 0 Å². The van der Waals surface area contributed by atoms with E-state index in [1.165, 1.54) is 0 Å². The SMILES string of the molecule is O=C1C[C@H](CO)CCO1. The normalized spacial score (nSPS) is 27.7. The third-order valence-electron chi connectivity index (χ3n) is 1.50. The van der Waals surface area contributed by atoms with Gasteiger partial charge in [0.1, 0.15) is 0 Å². The summed E-state index contributed by atoms with van der Waals surface area (Å²) in [7, 11) is 0. The molecule has 3 heteroatoms. The van der Waals surface area contributed by atoms with Crippen molar-refractivity contribution in [3.63, 3.8) is 0 Å². The van der Waals surface area contributed by atoms with Crippen LogP contribution < -0.4 is 0 Å². The van der Waals surface area contributed by atoms with Crippen LogP contribution in [0.1, 0.15) is 12.8 Å². The zero-order chi connectivity index (χ0) is 6.69. The van der Waals surface area contributed by atoms with Gasteiger partial charge in [-0.25, -0.2) is 0 Å². The Morgan fingerprint density at radius 1 is 1.78 bits per heavy atom. The molecule has 0 radical (unpaired) electrons. The molecule has 52 valence electrons. The molecule has 1 N–H and O–H groups in total. The van der Waals surface area contributed by atoms with Gasteiger partial charge < -0.3 is 9.84 Å². The van der Waals surface area contributed by atoms with Crippen molar-refractivity contribution in [1.29, 1.82) is 0 Å². The fraction of sp³-hybridized carbons (Fsp3) is 0.833. The molecule has 1 saturated heterocycles. The van der Waals surface area contributed by atoms with Gasteiger partial charge in [0.15, 0.2) is 0 Å². The van der Waals surface area contributed by atoms with Crippen LogP contribution in [0.3, 0.4) is 0 Å². The molecular formula is C6H10O3. The van der Waals surface area contributed by atoms with Gasteiger partial charge in [-0.05, 0) is 12.3 Å². The van der Waals surface area contributed by atoms with Crippen molar-refractivity contribution in [1.82, 2.24) is 0 Å². The zero-order valence-corrected chi connectivity index (χ0v) is 5.17. The Morgan fingerprint density at radius 3 is 3.00 bits per heavy atom. The van der Waals surface area contributed by atoms with Crippen molar-refractivity contribution >= 4 is 5.97 Å². The molecule has 1 aliphatic rings. The summed E-state index contributed by atoms with van der Waals surface area (Å²) in [6, 6.07) is 0. The molecule has 0 unspecified atom stereocenters. The number of esters is 1. The first-order valence-corrected chi connectivity index (χ1v) is 3.09. The van der Waals surface area contributed by atoms with Crippen LogP contribution in [0.15, 0.2) is 0 Å². The third-order valence-corrected chi connectivity index (χ3v) is 1.50. The van der Waals surface area contributed by atoms with Crippen molar-refractivity contribution in [3.05, 3.63) is 0 Å². The number of ether oxygens (including phenoxy) is 1. The molecule has 1 rings (SSSR count). The Kier molecular flexibility index (Phi) is 2.05. The molecular weight excluding hydrogens is 120 g/mol. The molecule has 0 bridgehead atoms. The molecule has 1 heterocycles. The lowest BCUT2D eigenvalue weighted by Crippen LogP contribution is -2.22. The number of cyclic esters (lactones) is 1. The molecule has 1 fully saturated rings. The summed E-state index contributed by atoms with van der Waals surface area (Å²) >= 11 is 0. The van der Waals surface area contributed by atoms with E-state index in [0.29, 0.717) is 13.0 Å². The molecule has 1 atom stereocenters. The fourth-order valence-electron chi connectivity index (χ4n) is 0.892. The summed E-state index contributed by atoms with van der Waals surface area (Å²) in [5, 5.41) is 8.60. The number of carbonyl (C=O) groups excluding carboxylic acids is 1. The Bertz CT molecular complexity index is 111. The molecule has 3 nitrogen and oxygen atoms in total. The monoisotopic (exact) mass is 130 g/mol. The van der Waals surface area contributed by atoms with Gasteiger partial charge in [-0.3, -0.25) is 4.79 Å². The van der Waals surface area contributed by atoms with Crippen molar-refractivity contribution in [3.8, 4) is 0 Å². The van der Waals surface area contributed by atoms with Crippen molar-refractivity contribution in [2.45, 2.75) is 12.8 Å². The van der Waals surface area contributed by atoms with E-state index in [0.717, 1.165) is 6.42 Å². The van der Waals surface area contributed by atoms with Crippen LogP contribution >= 0.6 is 0 Å². The van der Waals surface area contributed by atoms with Crippen molar-refractivity contribution in [2.24, 2.45) is 5.92 Å². The molecule has 0 amide bonds. The smallest absolute Gasteiger partial charge is 0.306 e. The van der Waals surface area contributed by atoms with Crippen LogP contribution in [0.5, 0.6) is 0 Å². The lowest BCUT2D eigenvalue weighted by atomic mass is 10.0. The molecule has 0 aliphatic carbocycles. The number of hydrogen-bond donors (Lipinski definition) is 1. The van der Waals surface area contributed by atoms with Gasteiger partial charge in [0.05, 0.1) is 13.0 Å². The summed E-state index contributed by atoms with van der Waals surface area (Å²) in [5.74, 6) is -0.0356. The van der Waals surface area contributed by atoms with Gasteiger partial charge in [0.25, 0.3) is 0 Å². The summed E-state index contributed by atoms with van der Waals surface area (Å²) in [6.07, 6.45) is 1.19. The Balaban J connectivity index is 2.32. The summed E-state index contributed by atoms with van der Waals surface area (Å²) in [6.45, 7) is 0.582. The average Bonchev–Trinajstić information content (AvgIpc) is 1.88. The highest BCUT2D eigenvalue weighted by Crippen LogP contribution is 2.13. The van der Waals surface area contributed by atoms with E-state index in [4.69, 9.17) is 5.11 Å². The van der Waals surface area contributed by atoms with E-state index in [-0.39, 0.29) is 18.5 Å². The van der Waals surface area contributed by atoms with Gasteiger partial charge in [0, 0.05) is 6.61 Å². The minimum atomic E-state index is -0.180. The van der Waals surface area contributed by atoms with E-state index < -0.39 is 0 Å². The number of hydrogen-bond acceptors (Lipinski definition) is 3. The number of carbonyl (C=O) groups is 1. The van der Waals surface area contributed by atoms with Crippen molar-refractivity contribution < 1.29 is 14.6 Å². The minimum absolute atomic E-state index is 0.106. The van der Waals surface area contributed by atoms with E-state index >= 15 is 0 Å². The number of aliphatic hydroxyl groups excluding tert-OH is 1. The topological polar surface area (TPSA) is 46.5 Å². The fourth-order valence-corrected chi connectivity index (χ4v) is 0.892. The first-order valence-electron chi connectivity index (χ1n) is 3.09. The standard InChI is InChI=1S/C6H10O3/c7-4-5-1-2-9-6(8)3-5/h5,7H,1-4H2/t5-/m1/s1. The van der Waals surface area contributed by atoms with E-state index in [9.17, 15) is 4.79 Å².